The summed E-state index contributed by atoms with van der Waals surface area (Å²) in [7, 11) is 0. The number of hydrogen-bond acceptors (Lipinski definition) is 4. The lowest BCUT2D eigenvalue weighted by Gasteiger charge is -2.13. The average Bonchev–Trinajstić information content (AvgIpc) is 2.59. The molecule has 2 aromatic rings. The summed E-state index contributed by atoms with van der Waals surface area (Å²) >= 11 is 0. The fourth-order valence-electron chi connectivity index (χ4n) is 2.39. The highest BCUT2D eigenvalue weighted by atomic mass is 16.5. The molecule has 0 atom stereocenters. The number of nitrogens with one attached hydrogen (secondary N) is 1. The van der Waals surface area contributed by atoms with Crippen LogP contribution in [-0.4, -0.2) is 25.7 Å². The Morgan fingerprint density at radius 2 is 1.48 bits per heavy atom. The number of carbonyl (C=O) groups is 1. The molecule has 0 radical (unpaired) electrons. The number of carbonyl (C=O) groups excluding carboxylic acids is 1. The number of benzene rings is 2. The molecule has 134 valence electrons. The van der Waals surface area contributed by atoms with Crippen molar-refractivity contribution in [2.75, 3.05) is 25.1 Å². The van der Waals surface area contributed by atoms with Gasteiger partial charge in [0.15, 0.2) is 11.5 Å². The predicted octanol–water partition coefficient (Wildman–Crippen LogP) is 4.06. The van der Waals surface area contributed by atoms with Crippen LogP contribution in [0, 0.1) is 0 Å². The maximum Gasteiger partial charge on any atom is 0.228 e. The van der Waals surface area contributed by atoms with Crippen LogP contribution in [0.15, 0.2) is 42.5 Å². The van der Waals surface area contributed by atoms with Gasteiger partial charge in [-0.2, -0.15) is 0 Å². The maximum atomic E-state index is 12.3. The molecule has 0 saturated heterocycles. The zero-order valence-electron chi connectivity index (χ0n) is 15.0. The minimum Gasteiger partial charge on any atom is -0.494 e. The molecule has 1 amide bonds. The highest BCUT2D eigenvalue weighted by Gasteiger charge is 2.09. The summed E-state index contributed by atoms with van der Waals surface area (Å²) in [4.78, 5) is 12.3. The second kappa shape index (κ2) is 9.57. The summed E-state index contributed by atoms with van der Waals surface area (Å²) in [6.45, 7) is 7.48. The Balaban J connectivity index is 2.00. The topological polar surface area (TPSA) is 56.8 Å². The first-order valence-electron chi connectivity index (χ1n) is 8.57. The summed E-state index contributed by atoms with van der Waals surface area (Å²) in [5.41, 5.74) is 1.61. The average molecular weight is 343 g/mol. The van der Waals surface area contributed by atoms with Gasteiger partial charge in [-0.1, -0.05) is 12.1 Å². The number of anilines is 1. The van der Waals surface area contributed by atoms with Crippen molar-refractivity contribution < 1.29 is 19.0 Å². The van der Waals surface area contributed by atoms with Gasteiger partial charge in [-0.25, -0.2) is 0 Å². The fraction of sp³-hybridized carbons (Fsp3) is 0.350. The van der Waals surface area contributed by atoms with Crippen molar-refractivity contribution in [3.8, 4) is 17.2 Å². The second-order valence-corrected chi connectivity index (χ2v) is 5.33. The highest BCUT2D eigenvalue weighted by Crippen LogP contribution is 2.30. The van der Waals surface area contributed by atoms with Crippen LogP contribution in [0.3, 0.4) is 0 Å². The van der Waals surface area contributed by atoms with Crippen LogP contribution in [0.5, 0.6) is 17.2 Å². The molecular weight excluding hydrogens is 318 g/mol. The molecule has 0 aliphatic carbocycles. The molecule has 0 aromatic heterocycles. The van der Waals surface area contributed by atoms with Gasteiger partial charge in [0.05, 0.1) is 26.2 Å². The molecule has 0 unspecified atom stereocenters. The van der Waals surface area contributed by atoms with E-state index in [0.29, 0.717) is 43.4 Å². The first-order valence-corrected chi connectivity index (χ1v) is 8.57. The summed E-state index contributed by atoms with van der Waals surface area (Å²) in [5.74, 6) is 2.02. The van der Waals surface area contributed by atoms with Crippen molar-refractivity contribution in [3.63, 3.8) is 0 Å². The van der Waals surface area contributed by atoms with E-state index < -0.39 is 0 Å². The van der Waals surface area contributed by atoms with Gasteiger partial charge in [0.25, 0.3) is 0 Å². The molecule has 0 bridgehead atoms. The molecule has 2 aromatic carbocycles. The van der Waals surface area contributed by atoms with Crippen LogP contribution >= 0.6 is 0 Å². The van der Waals surface area contributed by atoms with Gasteiger partial charge >= 0.3 is 0 Å². The Morgan fingerprint density at radius 1 is 0.840 bits per heavy atom. The van der Waals surface area contributed by atoms with Gasteiger partial charge in [-0.3, -0.25) is 4.79 Å². The van der Waals surface area contributed by atoms with E-state index in [0.717, 1.165) is 11.3 Å². The standard InChI is InChI=1S/C20H25NO4/c1-4-23-17-10-7-15(8-11-17)13-20(22)21-16-9-12-18(24-5-2)19(14-16)25-6-3/h7-12,14H,4-6,13H2,1-3H3,(H,21,22). The van der Waals surface area contributed by atoms with E-state index >= 15 is 0 Å². The fourth-order valence-corrected chi connectivity index (χ4v) is 2.39. The van der Waals surface area contributed by atoms with Crippen LogP contribution < -0.4 is 19.5 Å². The van der Waals surface area contributed by atoms with E-state index in [1.54, 1.807) is 12.1 Å². The van der Waals surface area contributed by atoms with E-state index in [2.05, 4.69) is 5.32 Å². The Bertz CT molecular complexity index is 683. The Kier molecular flexibility index (Phi) is 7.14. The van der Waals surface area contributed by atoms with Crippen LogP contribution in [0.4, 0.5) is 5.69 Å². The van der Waals surface area contributed by atoms with Gasteiger partial charge in [-0.15, -0.1) is 0 Å². The molecule has 2 rings (SSSR count). The molecule has 0 aliphatic rings. The van der Waals surface area contributed by atoms with E-state index in [-0.39, 0.29) is 5.91 Å². The smallest absolute Gasteiger partial charge is 0.228 e. The predicted molar refractivity (Wildman–Crippen MR) is 98.7 cm³/mol. The third kappa shape index (κ3) is 5.71. The van der Waals surface area contributed by atoms with Crippen LogP contribution in [-0.2, 0) is 11.2 Å². The first-order chi connectivity index (χ1) is 12.2. The summed E-state index contributed by atoms with van der Waals surface area (Å²) in [6, 6.07) is 12.9. The largest absolute Gasteiger partial charge is 0.494 e. The lowest BCUT2D eigenvalue weighted by Crippen LogP contribution is -2.14. The number of ether oxygens (including phenoxy) is 3. The molecule has 0 spiro atoms. The maximum absolute atomic E-state index is 12.3. The zero-order chi connectivity index (χ0) is 18.1. The van der Waals surface area contributed by atoms with Gasteiger partial charge in [0.1, 0.15) is 5.75 Å². The second-order valence-electron chi connectivity index (χ2n) is 5.33. The van der Waals surface area contributed by atoms with Gasteiger partial charge in [-0.05, 0) is 50.6 Å². The van der Waals surface area contributed by atoms with E-state index in [1.165, 1.54) is 0 Å². The van der Waals surface area contributed by atoms with Crippen LogP contribution in [0.25, 0.3) is 0 Å². The Labute approximate surface area is 148 Å². The van der Waals surface area contributed by atoms with Crippen LogP contribution in [0.1, 0.15) is 26.3 Å². The molecule has 25 heavy (non-hydrogen) atoms. The summed E-state index contributed by atoms with van der Waals surface area (Å²) in [5, 5.41) is 2.89. The molecule has 1 N–H and O–H groups in total. The van der Waals surface area contributed by atoms with E-state index in [9.17, 15) is 4.79 Å². The first kappa shape index (κ1) is 18.6. The van der Waals surface area contributed by atoms with Crippen molar-refractivity contribution >= 4 is 11.6 Å². The normalized spacial score (nSPS) is 10.2. The molecule has 0 fully saturated rings. The third-order valence-electron chi connectivity index (χ3n) is 3.43. The molecular formula is C20H25NO4. The Hall–Kier alpha value is -2.69. The number of rotatable bonds is 9. The van der Waals surface area contributed by atoms with Crippen molar-refractivity contribution in [1.82, 2.24) is 0 Å². The molecule has 0 heterocycles. The zero-order valence-corrected chi connectivity index (χ0v) is 15.0. The van der Waals surface area contributed by atoms with Crippen molar-refractivity contribution in [2.45, 2.75) is 27.2 Å². The lowest BCUT2D eigenvalue weighted by molar-refractivity contribution is -0.115. The quantitative estimate of drug-likeness (QED) is 0.746. The molecule has 5 nitrogen and oxygen atoms in total. The van der Waals surface area contributed by atoms with Crippen LogP contribution in [0.2, 0.25) is 0 Å². The molecule has 0 aliphatic heterocycles. The highest BCUT2D eigenvalue weighted by molar-refractivity contribution is 5.92. The summed E-state index contributed by atoms with van der Waals surface area (Å²) < 4.78 is 16.5. The third-order valence-corrected chi connectivity index (χ3v) is 3.43. The monoisotopic (exact) mass is 343 g/mol. The number of hydrogen-bond donors (Lipinski definition) is 1. The van der Waals surface area contributed by atoms with Crippen molar-refractivity contribution in [2.24, 2.45) is 0 Å². The SMILES string of the molecule is CCOc1ccc(CC(=O)Nc2ccc(OCC)c(OCC)c2)cc1. The minimum atomic E-state index is -0.0873. The molecule has 0 saturated carbocycles. The van der Waals surface area contributed by atoms with E-state index in [1.807, 2.05) is 51.1 Å². The lowest BCUT2D eigenvalue weighted by atomic mass is 10.1. The van der Waals surface area contributed by atoms with Crippen molar-refractivity contribution in [3.05, 3.63) is 48.0 Å². The minimum absolute atomic E-state index is 0.0873. The molecule has 5 heteroatoms. The Morgan fingerprint density at radius 3 is 2.12 bits per heavy atom. The van der Waals surface area contributed by atoms with Gasteiger partial charge in [0, 0.05) is 11.8 Å². The van der Waals surface area contributed by atoms with E-state index in [4.69, 9.17) is 14.2 Å². The van der Waals surface area contributed by atoms with Crippen molar-refractivity contribution in [1.29, 1.82) is 0 Å². The van der Waals surface area contributed by atoms with Gasteiger partial charge < -0.3 is 19.5 Å². The van der Waals surface area contributed by atoms with Gasteiger partial charge in [0.2, 0.25) is 5.91 Å². The summed E-state index contributed by atoms with van der Waals surface area (Å²) in [6.07, 6.45) is 0.295. The number of amides is 1.